The first-order chi connectivity index (χ1) is 13.7. The molecule has 0 saturated carbocycles. The number of carbonyl (C=O) groups excluding carboxylic acids is 2. The van der Waals surface area contributed by atoms with Gasteiger partial charge >= 0.3 is 0 Å². The van der Waals surface area contributed by atoms with Gasteiger partial charge in [-0.25, -0.2) is 0 Å². The highest BCUT2D eigenvalue weighted by Crippen LogP contribution is 2.30. The molecule has 2 aromatic rings. The van der Waals surface area contributed by atoms with Crippen LogP contribution in [-0.2, 0) is 4.79 Å². The Morgan fingerprint density at radius 1 is 1.07 bits per heavy atom. The van der Waals surface area contributed by atoms with Gasteiger partial charge in [0, 0.05) is 30.3 Å². The molecule has 0 spiro atoms. The fourth-order valence-electron chi connectivity index (χ4n) is 3.69. The third kappa shape index (κ3) is 4.11. The molecule has 0 aromatic heterocycles. The molecule has 0 bridgehead atoms. The summed E-state index contributed by atoms with van der Waals surface area (Å²) in [5, 5.41) is 3.02. The summed E-state index contributed by atoms with van der Waals surface area (Å²) >= 11 is 0. The van der Waals surface area contributed by atoms with E-state index in [1.54, 1.807) is 0 Å². The largest absolute Gasteiger partial charge is 0.486 e. The second kappa shape index (κ2) is 8.33. The van der Waals surface area contributed by atoms with Crippen molar-refractivity contribution in [3.05, 3.63) is 54.1 Å². The van der Waals surface area contributed by atoms with Crippen LogP contribution in [0.15, 0.2) is 48.5 Å². The third-order valence-corrected chi connectivity index (χ3v) is 5.33. The Morgan fingerprint density at radius 2 is 1.79 bits per heavy atom. The zero-order valence-corrected chi connectivity index (χ0v) is 15.7. The number of nitrogens with zero attached hydrogens (tertiary/aromatic N) is 1. The Labute approximate surface area is 164 Å². The Morgan fingerprint density at radius 3 is 2.50 bits per heavy atom. The summed E-state index contributed by atoms with van der Waals surface area (Å²) < 4.78 is 11.6. The number of nitrogens with one attached hydrogen (secondary N) is 1. The van der Waals surface area contributed by atoms with Crippen molar-refractivity contribution < 1.29 is 19.1 Å². The molecule has 1 amide bonds. The van der Waals surface area contributed by atoms with Crippen LogP contribution < -0.4 is 19.7 Å². The van der Waals surface area contributed by atoms with Crippen molar-refractivity contribution in [3.63, 3.8) is 0 Å². The topological polar surface area (TPSA) is 67.9 Å². The Balaban J connectivity index is 1.24. The number of fused-ring (bicyclic) bond motifs is 1. The maximum Gasteiger partial charge on any atom is 0.223 e. The molecule has 0 aliphatic carbocycles. The van der Waals surface area contributed by atoms with Crippen molar-refractivity contribution in [2.45, 2.75) is 18.9 Å². The first kappa shape index (κ1) is 18.3. The van der Waals surface area contributed by atoms with Gasteiger partial charge in [0.2, 0.25) is 5.91 Å². The Kier molecular flexibility index (Phi) is 5.46. The zero-order valence-electron chi connectivity index (χ0n) is 15.7. The van der Waals surface area contributed by atoms with E-state index in [1.807, 2.05) is 48.5 Å². The highest BCUT2D eigenvalue weighted by Gasteiger charge is 2.27. The normalized spacial score (nSPS) is 19.1. The molecular formula is C22H24N2O4. The molecule has 2 heterocycles. The number of piperidine rings is 1. The quantitative estimate of drug-likeness (QED) is 0.808. The van der Waals surface area contributed by atoms with Gasteiger partial charge in [0.25, 0.3) is 0 Å². The van der Waals surface area contributed by atoms with Crippen molar-refractivity contribution in [3.8, 4) is 11.5 Å². The smallest absolute Gasteiger partial charge is 0.223 e. The molecule has 1 saturated heterocycles. The Hall–Kier alpha value is -3.02. The van der Waals surface area contributed by atoms with Gasteiger partial charge in [0.05, 0.1) is 6.54 Å². The van der Waals surface area contributed by atoms with Crippen LogP contribution in [0.25, 0.3) is 0 Å². The number of aldehydes is 1. The lowest BCUT2D eigenvalue weighted by atomic mass is 9.95. The van der Waals surface area contributed by atoms with Gasteiger partial charge in [0.15, 0.2) is 11.5 Å². The molecule has 146 valence electrons. The summed E-state index contributed by atoms with van der Waals surface area (Å²) in [5.74, 6) is 1.57. The van der Waals surface area contributed by atoms with Crippen LogP contribution >= 0.6 is 0 Å². The zero-order chi connectivity index (χ0) is 19.3. The number of hydrogen-bond acceptors (Lipinski definition) is 5. The maximum atomic E-state index is 12.5. The third-order valence-electron chi connectivity index (χ3n) is 5.33. The fourth-order valence-corrected chi connectivity index (χ4v) is 3.69. The van der Waals surface area contributed by atoms with Crippen LogP contribution in [0.2, 0.25) is 0 Å². The van der Waals surface area contributed by atoms with Crippen LogP contribution in [0.1, 0.15) is 23.2 Å². The predicted octanol–water partition coefficient (Wildman–Crippen LogP) is 2.67. The average molecular weight is 380 g/mol. The molecule has 6 heteroatoms. The highest BCUT2D eigenvalue weighted by atomic mass is 16.6. The summed E-state index contributed by atoms with van der Waals surface area (Å²) in [6.07, 6.45) is 2.30. The number of amides is 1. The summed E-state index contributed by atoms with van der Waals surface area (Å²) in [7, 11) is 0. The first-order valence-electron chi connectivity index (χ1n) is 9.69. The van der Waals surface area contributed by atoms with E-state index in [2.05, 4.69) is 10.2 Å². The molecule has 1 fully saturated rings. The van der Waals surface area contributed by atoms with Gasteiger partial charge in [0.1, 0.15) is 19.0 Å². The van der Waals surface area contributed by atoms with E-state index >= 15 is 0 Å². The predicted molar refractivity (Wildman–Crippen MR) is 106 cm³/mol. The summed E-state index contributed by atoms with van der Waals surface area (Å²) in [6.45, 7) is 2.54. The second-order valence-electron chi connectivity index (χ2n) is 7.21. The van der Waals surface area contributed by atoms with E-state index in [-0.39, 0.29) is 17.9 Å². The Bertz CT molecular complexity index is 829. The van der Waals surface area contributed by atoms with Crippen LogP contribution in [-0.4, -0.2) is 44.5 Å². The van der Waals surface area contributed by atoms with Gasteiger partial charge in [-0.3, -0.25) is 9.59 Å². The van der Waals surface area contributed by atoms with Crippen molar-refractivity contribution in [2.75, 3.05) is 31.1 Å². The van der Waals surface area contributed by atoms with Crippen LogP contribution in [0.3, 0.4) is 0 Å². The monoisotopic (exact) mass is 380 g/mol. The molecule has 1 N–H and O–H groups in total. The minimum atomic E-state index is -0.171. The number of anilines is 1. The molecule has 2 aromatic carbocycles. The van der Waals surface area contributed by atoms with E-state index in [0.717, 1.165) is 49.4 Å². The molecule has 6 nitrogen and oxygen atoms in total. The van der Waals surface area contributed by atoms with Crippen molar-refractivity contribution in [1.29, 1.82) is 0 Å². The van der Waals surface area contributed by atoms with Crippen molar-refractivity contribution in [1.82, 2.24) is 5.32 Å². The first-order valence-corrected chi connectivity index (χ1v) is 9.69. The second-order valence-corrected chi connectivity index (χ2v) is 7.21. The van der Waals surface area contributed by atoms with Crippen molar-refractivity contribution in [2.24, 2.45) is 5.92 Å². The number of para-hydroxylation sites is 2. The molecule has 0 radical (unpaired) electrons. The molecule has 2 aliphatic heterocycles. The number of rotatable bonds is 5. The summed E-state index contributed by atoms with van der Waals surface area (Å²) in [4.78, 5) is 25.6. The lowest BCUT2D eigenvalue weighted by Gasteiger charge is -2.33. The van der Waals surface area contributed by atoms with Gasteiger partial charge in [-0.1, -0.05) is 12.1 Å². The number of benzene rings is 2. The highest BCUT2D eigenvalue weighted by molar-refractivity contribution is 5.79. The molecular weight excluding hydrogens is 356 g/mol. The maximum absolute atomic E-state index is 12.5. The van der Waals surface area contributed by atoms with Crippen LogP contribution in [0.4, 0.5) is 5.69 Å². The number of carbonyl (C=O) groups is 2. The summed E-state index contributed by atoms with van der Waals surface area (Å²) in [5.41, 5.74) is 1.77. The molecule has 4 rings (SSSR count). The molecule has 0 unspecified atom stereocenters. The van der Waals surface area contributed by atoms with Gasteiger partial charge < -0.3 is 19.7 Å². The fraction of sp³-hybridized carbons (Fsp3) is 0.364. The number of hydrogen-bond donors (Lipinski definition) is 1. The average Bonchev–Trinajstić information content (AvgIpc) is 2.77. The van der Waals surface area contributed by atoms with E-state index in [0.29, 0.717) is 18.7 Å². The van der Waals surface area contributed by atoms with Gasteiger partial charge in [-0.15, -0.1) is 0 Å². The van der Waals surface area contributed by atoms with Crippen LogP contribution in [0, 0.1) is 5.92 Å². The van der Waals surface area contributed by atoms with Gasteiger partial charge in [-0.05, 0) is 49.2 Å². The number of ether oxygens (including phenoxy) is 2. The van der Waals surface area contributed by atoms with Crippen molar-refractivity contribution >= 4 is 17.9 Å². The van der Waals surface area contributed by atoms with Gasteiger partial charge in [-0.2, -0.15) is 0 Å². The molecule has 28 heavy (non-hydrogen) atoms. The SMILES string of the molecule is O=Cc1ccc(N2CCC(C(=O)NC[C@H]3COc4ccccc4O3)CC2)cc1. The molecule has 1 atom stereocenters. The van der Waals surface area contributed by atoms with E-state index in [9.17, 15) is 9.59 Å². The van der Waals surface area contributed by atoms with E-state index in [4.69, 9.17) is 9.47 Å². The van der Waals surface area contributed by atoms with Crippen LogP contribution in [0.5, 0.6) is 11.5 Å². The lowest BCUT2D eigenvalue weighted by molar-refractivity contribution is -0.126. The van der Waals surface area contributed by atoms with E-state index < -0.39 is 0 Å². The van der Waals surface area contributed by atoms with E-state index in [1.165, 1.54) is 0 Å². The standard InChI is InChI=1S/C22H24N2O4/c25-14-16-5-7-18(8-6-16)24-11-9-17(10-12-24)22(26)23-13-19-15-27-20-3-1-2-4-21(20)28-19/h1-8,14,17,19H,9-13,15H2,(H,23,26)/t19-/m0/s1. The minimum Gasteiger partial charge on any atom is -0.486 e. The minimum absolute atomic E-state index is 0.0160. The molecule has 2 aliphatic rings. The lowest BCUT2D eigenvalue weighted by Crippen LogP contribution is -2.45. The summed E-state index contributed by atoms with van der Waals surface area (Å²) in [6, 6.07) is 15.1.